The van der Waals surface area contributed by atoms with Crippen LogP contribution in [0, 0.1) is 6.92 Å². The third kappa shape index (κ3) is 5.64. The summed E-state index contributed by atoms with van der Waals surface area (Å²) in [7, 11) is 3.11. The number of aryl methyl sites for hydroxylation is 1. The molecule has 1 heterocycles. The molecule has 1 fully saturated rings. The molecule has 208 valence electrons. The summed E-state index contributed by atoms with van der Waals surface area (Å²) >= 11 is 0. The molecule has 0 bridgehead atoms. The molecule has 1 aliphatic carbocycles. The lowest BCUT2D eigenvalue weighted by Crippen LogP contribution is -2.48. The number of carbonyl (C=O) groups excluding carboxylic acids is 2. The number of amides is 2. The van der Waals surface area contributed by atoms with Crippen LogP contribution in [0.2, 0.25) is 0 Å². The van der Waals surface area contributed by atoms with Gasteiger partial charge in [0.15, 0.2) is 11.5 Å². The lowest BCUT2D eigenvalue weighted by Gasteiger charge is -2.34. The molecule has 5 rings (SSSR count). The van der Waals surface area contributed by atoms with Gasteiger partial charge in [0.1, 0.15) is 18.1 Å². The minimum Gasteiger partial charge on any atom is -0.493 e. The van der Waals surface area contributed by atoms with E-state index in [1.54, 1.807) is 42.0 Å². The molecular formula is C31H35N5O4. The topological polar surface area (TPSA) is 98.6 Å². The van der Waals surface area contributed by atoms with Crippen LogP contribution in [0.1, 0.15) is 49.3 Å². The Kier molecular flexibility index (Phi) is 8.28. The van der Waals surface area contributed by atoms with Crippen molar-refractivity contribution in [3.63, 3.8) is 0 Å². The number of fused-ring (bicyclic) bond motifs is 1. The molecule has 0 spiro atoms. The van der Waals surface area contributed by atoms with Crippen molar-refractivity contribution >= 4 is 28.5 Å². The molecular weight excluding hydrogens is 506 g/mol. The number of methoxy groups -OCH3 is 2. The zero-order valence-electron chi connectivity index (χ0n) is 23.2. The van der Waals surface area contributed by atoms with Crippen LogP contribution in [0.25, 0.3) is 11.0 Å². The highest BCUT2D eigenvalue weighted by molar-refractivity contribution is 6.02. The summed E-state index contributed by atoms with van der Waals surface area (Å²) in [6.07, 6.45) is 5.20. The van der Waals surface area contributed by atoms with E-state index in [0.717, 1.165) is 42.3 Å². The Morgan fingerprint density at radius 1 is 0.975 bits per heavy atom. The SMILES string of the molecule is COc1ccc(N(C(=O)Cn2nnc3ccccc32)[C@H](C(=O)NC2CCCCC2)c2ccccc2C)cc1OC. The number of hydrogen-bond donors (Lipinski definition) is 1. The van der Waals surface area contributed by atoms with Crippen LogP contribution in [-0.4, -0.2) is 47.1 Å². The highest BCUT2D eigenvalue weighted by Crippen LogP contribution is 2.36. The summed E-state index contributed by atoms with van der Waals surface area (Å²) in [5.41, 5.74) is 3.61. The van der Waals surface area contributed by atoms with Gasteiger partial charge in [0.2, 0.25) is 11.8 Å². The fraction of sp³-hybridized carbons (Fsp3) is 0.355. The Morgan fingerprint density at radius 2 is 1.70 bits per heavy atom. The van der Waals surface area contributed by atoms with E-state index >= 15 is 0 Å². The fourth-order valence-electron chi connectivity index (χ4n) is 5.47. The molecule has 1 aliphatic rings. The van der Waals surface area contributed by atoms with Crippen molar-refractivity contribution in [2.24, 2.45) is 0 Å². The molecule has 0 radical (unpaired) electrons. The second kappa shape index (κ2) is 12.2. The van der Waals surface area contributed by atoms with Crippen molar-refractivity contribution < 1.29 is 19.1 Å². The van der Waals surface area contributed by atoms with Crippen LogP contribution >= 0.6 is 0 Å². The Morgan fingerprint density at radius 3 is 2.45 bits per heavy atom. The molecule has 0 saturated heterocycles. The molecule has 40 heavy (non-hydrogen) atoms. The molecule has 3 aromatic carbocycles. The number of carbonyl (C=O) groups is 2. The number of benzene rings is 3. The summed E-state index contributed by atoms with van der Waals surface area (Å²) in [5, 5.41) is 11.7. The Bertz CT molecular complexity index is 1490. The maximum atomic E-state index is 14.3. The van der Waals surface area contributed by atoms with Crippen LogP contribution in [0.3, 0.4) is 0 Å². The van der Waals surface area contributed by atoms with E-state index < -0.39 is 6.04 Å². The average Bonchev–Trinajstić information content (AvgIpc) is 3.39. The van der Waals surface area contributed by atoms with E-state index in [4.69, 9.17) is 9.47 Å². The normalized spacial score (nSPS) is 14.5. The number of nitrogens with zero attached hydrogens (tertiary/aromatic N) is 4. The quantitative estimate of drug-likeness (QED) is 0.321. The summed E-state index contributed by atoms with van der Waals surface area (Å²) in [5.74, 6) is 0.461. The van der Waals surface area contributed by atoms with Crippen LogP contribution in [0.4, 0.5) is 5.69 Å². The highest BCUT2D eigenvalue weighted by atomic mass is 16.5. The van der Waals surface area contributed by atoms with Gasteiger partial charge in [-0.05, 0) is 55.2 Å². The average molecular weight is 542 g/mol. The molecule has 1 atom stereocenters. The minimum atomic E-state index is -0.913. The van der Waals surface area contributed by atoms with E-state index in [9.17, 15) is 9.59 Å². The molecule has 1 N–H and O–H groups in total. The largest absolute Gasteiger partial charge is 0.493 e. The maximum Gasteiger partial charge on any atom is 0.249 e. The number of nitrogens with one attached hydrogen (secondary N) is 1. The van der Waals surface area contributed by atoms with Gasteiger partial charge < -0.3 is 14.8 Å². The van der Waals surface area contributed by atoms with Crippen LogP contribution in [0.5, 0.6) is 11.5 Å². The molecule has 9 heteroatoms. The maximum absolute atomic E-state index is 14.3. The first-order chi connectivity index (χ1) is 19.5. The number of anilines is 1. The summed E-state index contributed by atoms with van der Waals surface area (Å²) in [6.45, 7) is 1.85. The standard InChI is InChI=1S/C31H35N5O4/c1-21-11-7-8-14-24(21)30(31(38)32-22-12-5-4-6-13-22)36(23-17-18-27(39-2)28(19-23)40-3)29(37)20-35-26-16-10-9-15-25(26)33-34-35/h7-11,14-19,22,30H,4-6,12-13,20H2,1-3H3,(H,32,38)/t30-/m0/s1. The van der Waals surface area contributed by atoms with Crippen molar-refractivity contribution in [2.45, 2.75) is 57.7 Å². The molecule has 0 aliphatic heterocycles. The van der Waals surface area contributed by atoms with Crippen molar-refractivity contribution in [3.8, 4) is 11.5 Å². The van der Waals surface area contributed by atoms with E-state index in [2.05, 4.69) is 15.6 Å². The first-order valence-electron chi connectivity index (χ1n) is 13.7. The summed E-state index contributed by atoms with van der Waals surface area (Å²) < 4.78 is 12.6. The highest BCUT2D eigenvalue weighted by Gasteiger charge is 2.35. The van der Waals surface area contributed by atoms with Crippen LogP contribution in [-0.2, 0) is 16.1 Å². The number of aromatic nitrogens is 3. The number of para-hydroxylation sites is 1. The van der Waals surface area contributed by atoms with E-state index in [-0.39, 0.29) is 24.4 Å². The first-order valence-corrected chi connectivity index (χ1v) is 13.7. The Labute approximate surface area is 234 Å². The molecule has 1 aromatic heterocycles. The van der Waals surface area contributed by atoms with Gasteiger partial charge >= 0.3 is 0 Å². The van der Waals surface area contributed by atoms with Gasteiger partial charge in [-0.25, -0.2) is 4.68 Å². The molecule has 9 nitrogen and oxygen atoms in total. The van der Waals surface area contributed by atoms with Gasteiger partial charge in [-0.1, -0.05) is 60.9 Å². The number of ether oxygens (including phenoxy) is 2. The second-order valence-electron chi connectivity index (χ2n) is 10.1. The van der Waals surface area contributed by atoms with Crippen molar-refractivity contribution in [1.29, 1.82) is 0 Å². The van der Waals surface area contributed by atoms with E-state index in [1.807, 2.05) is 55.5 Å². The zero-order valence-corrected chi connectivity index (χ0v) is 23.2. The first kappa shape index (κ1) is 27.2. The van der Waals surface area contributed by atoms with Gasteiger partial charge in [-0.2, -0.15) is 0 Å². The summed E-state index contributed by atoms with van der Waals surface area (Å²) in [4.78, 5) is 30.1. The van der Waals surface area contributed by atoms with Crippen molar-refractivity contribution in [2.75, 3.05) is 19.1 Å². The van der Waals surface area contributed by atoms with Crippen LogP contribution in [0.15, 0.2) is 66.7 Å². The van der Waals surface area contributed by atoms with Crippen molar-refractivity contribution in [3.05, 3.63) is 77.9 Å². The Hall–Kier alpha value is -4.40. The van der Waals surface area contributed by atoms with Gasteiger partial charge in [0.05, 0.1) is 19.7 Å². The van der Waals surface area contributed by atoms with Crippen LogP contribution < -0.4 is 19.7 Å². The lowest BCUT2D eigenvalue weighted by atomic mass is 9.93. The predicted octanol–water partition coefficient (Wildman–Crippen LogP) is 4.98. The van der Waals surface area contributed by atoms with Gasteiger partial charge in [0, 0.05) is 17.8 Å². The van der Waals surface area contributed by atoms with Gasteiger partial charge in [-0.3, -0.25) is 14.5 Å². The number of rotatable bonds is 9. The van der Waals surface area contributed by atoms with Crippen molar-refractivity contribution in [1.82, 2.24) is 20.3 Å². The smallest absolute Gasteiger partial charge is 0.249 e. The van der Waals surface area contributed by atoms with E-state index in [0.29, 0.717) is 22.7 Å². The van der Waals surface area contributed by atoms with Gasteiger partial charge in [-0.15, -0.1) is 5.10 Å². The van der Waals surface area contributed by atoms with Gasteiger partial charge in [0.25, 0.3) is 0 Å². The fourth-order valence-corrected chi connectivity index (χ4v) is 5.47. The third-order valence-corrected chi connectivity index (χ3v) is 7.56. The third-order valence-electron chi connectivity index (χ3n) is 7.56. The zero-order chi connectivity index (χ0) is 28.1. The minimum absolute atomic E-state index is 0.0781. The Balaban J connectivity index is 1.61. The lowest BCUT2D eigenvalue weighted by molar-refractivity contribution is -0.127. The molecule has 4 aromatic rings. The predicted molar refractivity (Wildman–Crippen MR) is 153 cm³/mol. The molecule has 0 unspecified atom stereocenters. The number of hydrogen-bond acceptors (Lipinski definition) is 6. The summed E-state index contributed by atoms with van der Waals surface area (Å²) in [6, 6.07) is 19.6. The monoisotopic (exact) mass is 541 g/mol. The van der Waals surface area contributed by atoms with E-state index in [1.165, 1.54) is 6.42 Å². The molecule has 1 saturated carbocycles. The second-order valence-corrected chi connectivity index (χ2v) is 10.1. The molecule has 2 amide bonds.